The SMILES string of the molecule is CC(CC#N)NCC1CCC(c2ccccc2)CC1. The van der Waals surface area contributed by atoms with Crippen LogP contribution in [0.4, 0.5) is 0 Å². The van der Waals surface area contributed by atoms with Crippen molar-refractivity contribution in [1.82, 2.24) is 5.32 Å². The van der Waals surface area contributed by atoms with Crippen LogP contribution in [-0.4, -0.2) is 12.6 Å². The Morgan fingerprint density at radius 1 is 1.21 bits per heavy atom. The first-order chi connectivity index (χ1) is 9.29. The Labute approximate surface area is 116 Å². The number of nitrogens with zero attached hydrogens (tertiary/aromatic N) is 1. The maximum absolute atomic E-state index is 8.64. The third-order valence-electron chi connectivity index (χ3n) is 4.27. The van der Waals surface area contributed by atoms with Crippen molar-refractivity contribution >= 4 is 0 Å². The van der Waals surface area contributed by atoms with E-state index in [4.69, 9.17) is 5.26 Å². The second-order valence-electron chi connectivity index (χ2n) is 5.80. The minimum atomic E-state index is 0.330. The zero-order valence-corrected chi connectivity index (χ0v) is 11.8. The molecule has 1 aromatic rings. The van der Waals surface area contributed by atoms with Gasteiger partial charge in [-0.25, -0.2) is 0 Å². The van der Waals surface area contributed by atoms with Gasteiger partial charge < -0.3 is 5.32 Å². The molecule has 1 aliphatic carbocycles. The Morgan fingerprint density at radius 2 is 1.89 bits per heavy atom. The summed E-state index contributed by atoms with van der Waals surface area (Å²) in [4.78, 5) is 0. The van der Waals surface area contributed by atoms with Crippen LogP contribution >= 0.6 is 0 Å². The molecular weight excluding hydrogens is 232 g/mol. The molecule has 0 heterocycles. The van der Waals surface area contributed by atoms with Crippen molar-refractivity contribution in [3.05, 3.63) is 35.9 Å². The summed E-state index contributed by atoms with van der Waals surface area (Å²) in [6.07, 6.45) is 5.85. The average molecular weight is 256 g/mol. The lowest BCUT2D eigenvalue weighted by atomic mass is 9.78. The first-order valence-electron chi connectivity index (χ1n) is 7.45. The molecule has 0 aliphatic heterocycles. The van der Waals surface area contributed by atoms with Crippen LogP contribution < -0.4 is 5.32 Å². The number of hydrogen-bond acceptors (Lipinski definition) is 2. The van der Waals surface area contributed by atoms with Gasteiger partial charge in [0.15, 0.2) is 0 Å². The molecule has 2 heteroatoms. The van der Waals surface area contributed by atoms with Crippen molar-refractivity contribution in [1.29, 1.82) is 5.26 Å². The summed E-state index contributed by atoms with van der Waals surface area (Å²) in [5.41, 5.74) is 1.51. The van der Waals surface area contributed by atoms with Crippen LogP contribution in [0.15, 0.2) is 30.3 Å². The van der Waals surface area contributed by atoms with Crippen molar-refractivity contribution < 1.29 is 0 Å². The molecule has 0 spiro atoms. The van der Waals surface area contributed by atoms with E-state index in [0.717, 1.165) is 18.4 Å². The predicted octanol–water partition coefficient (Wildman–Crippen LogP) is 3.85. The van der Waals surface area contributed by atoms with E-state index in [0.29, 0.717) is 12.5 Å². The van der Waals surface area contributed by atoms with Gasteiger partial charge in [0, 0.05) is 6.04 Å². The van der Waals surface area contributed by atoms with Gasteiger partial charge in [-0.15, -0.1) is 0 Å². The molecule has 102 valence electrons. The standard InChI is InChI=1S/C17H24N2/c1-14(11-12-18)19-13-15-7-9-17(10-8-15)16-5-3-2-4-6-16/h2-6,14-15,17,19H,7-11,13H2,1H3. The molecule has 1 aromatic carbocycles. The molecule has 0 amide bonds. The number of hydrogen-bond donors (Lipinski definition) is 1. The maximum atomic E-state index is 8.64. The van der Waals surface area contributed by atoms with Crippen LogP contribution in [0.25, 0.3) is 0 Å². The molecule has 2 rings (SSSR count). The van der Waals surface area contributed by atoms with Crippen LogP contribution in [0.1, 0.15) is 50.5 Å². The fraction of sp³-hybridized carbons (Fsp3) is 0.588. The first kappa shape index (κ1) is 14.1. The summed E-state index contributed by atoms with van der Waals surface area (Å²) >= 11 is 0. The summed E-state index contributed by atoms with van der Waals surface area (Å²) in [7, 11) is 0. The number of nitrogens with one attached hydrogen (secondary N) is 1. The number of rotatable bonds is 5. The second-order valence-corrected chi connectivity index (χ2v) is 5.80. The van der Waals surface area contributed by atoms with Gasteiger partial charge in [0.2, 0.25) is 0 Å². The van der Waals surface area contributed by atoms with E-state index < -0.39 is 0 Å². The molecule has 2 nitrogen and oxygen atoms in total. The molecule has 1 saturated carbocycles. The van der Waals surface area contributed by atoms with E-state index in [-0.39, 0.29) is 0 Å². The monoisotopic (exact) mass is 256 g/mol. The summed E-state index contributed by atoms with van der Waals surface area (Å²) < 4.78 is 0. The van der Waals surface area contributed by atoms with E-state index in [9.17, 15) is 0 Å². The van der Waals surface area contributed by atoms with Gasteiger partial charge in [0.1, 0.15) is 0 Å². The minimum Gasteiger partial charge on any atom is -0.313 e. The molecule has 19 heavy (non-hydrogen) atoms. The molecule has 1 aliphatic rings. The largest absolute Gasteiger partial charge is 0.313 e. The molecule has 0 radical (unpaired) electrons. The highest BCUT2D eigenvalue weighted by Crippen LogP contribution is 2.35. The molecule has 0 aromatic heterocycles. The third-order valence-corrected chi connectivity index (χ3v) is 4.27. The molecule has 0 saturated heterocycles. The lowest BCUT2D eigenvalue weighted by Crippen LogP contribution is -2.32. The van der Waals surface area contributed by atoms with E-state index in [2.05, 4.69) is 48.6 Å². The lowest BCUT2D eigenvalue weighted by molar-refractivity contribution is 0.306. The van der Waals surface area contributed by atoms with Gasteiger partial charge >= 0.3 is 0 Å². The Hall–Kier alpha value is -1.33. The van der Waals surface area contributed by atoms with Gasteiger partial charge in [0.25, 0.3) is 0 Å². The summed E-state index contributed by atoms with van der Waals surface area (Å²) in [6.45, 7) is 3.17. The van der Waals surface area contributed by atoms with Gasteiger partial charge in [0.05, 0.1) is 12.5 Å². The fourth-order valence-electron chi connectivity index (χ4n) is 3.00. The van der Waals surface area contributed by atoms with Crippen molar-refractivity contribution in [2.75, 3.05) is 6.54 Å². The van der Waals surface area contributed by atoms with Crippen molar-refractivity contribution in [3.63, 3.8) is 0 Å². The van der Waals surface area contributed by atoms with Gasteiger partial charge in [-0.05, 0) is 56.6 Å². The topological polar surface area (TPSA) is 35.8 Å². The lowest BCUT2D eigenvalue weighted by Gasteiger charge is -2.29. The molecule has 0 bridgehead atoms. The number of nitriles is 1. The molecule has 1 unspecified atom stereocenters. The Balaban J connectivity index is 1.72. The van der Waals surface area contributed by atoms with E-state index in [1.807, 2.05) is 0 Å². The predicted molar refractivity (Wildman–Crippen MR) is 78.8 cm³/mol. The molecule has 1 atom stereocenters. The number of benzene rings is 1. The molecule has 1 fully saturated rings. The molecular formula is C17H24N2. The summed E-state index contributed by atoms with van der Waals surface area (Å²) in [5.74, 6) is 1.55. The third kappa shape index (κ3) is 4.36. The van der Waals surface area contributed by atoms with E-state index in [1.165, 1.54) is 31.2 Å². The zero-order valence-electron chi connectivity index (χ0n) is 11.8. The van der Waals surface area contributed by atoms with Gasteiger partial charge in [-0.1, -0.05) is 30.3 Å². The highest BCUT2D eigenvalue weighted by Gasteiger charge is 2.22. The Morgan fingerprint density at radius 3 is 2.53 bits per heavy atom. The zero-order chi connectivity index (χ0) is 13.5. The average Bonchev–Trinajstić information content (AvgIpc) is 2.47. The second kappa shape index (κ2) is 7.31. The Kier molecular flexibility index (Phi) is 5.42. The minimum absolute atomic E-state index is 0.330. The summed E-state index contributed by atoms with van der Waals surface area (Å²) in [6, 6.07) is 13.5. The first-order valence-corrected chi connectivity index (χ1v) is 7.45. The summed E-state index contributed by atoms with van der Waals surface area (Å²) in [5, 5.41) is 12.1. The maximum Gasteiger partial charge on any atom is 0.0638 e. The van der Waals surface area contributed by atoms with Crippen molar-refractivity contribution in [3.8, 4) is 6.07 Å². The van der Waals surface area contributed by atoms with Crippen LogP contribution in [-0.2, 0) is 0 Å². The van der Waals surface area contributed by atoms with Gasteiger partial charge in [-0.3, -0.25) is 0 Å². The quantitative estimate of drug-likeness (QED) is 0.868. The fourth-order valence-corrected chi connectivity index (χ4v) is 3.00. The van der Waals surface area contributed by atoms with Gasteiger partial charge in [-0.2, -0.15) is 5.26 Å². The highest BCUT2D eigenvalue weighted by atomic mass is 14.9. The van der Waals surface area contributed by atoms with E-state index in [1.54, 1.807) is 0 Å². The smallest absolute Gasteiger partial charge is 0.0638 e. The molecule has 1 N–H and O–H groups in total. The van der Waals surface area contributed by atoms with Crippen LogP contribution in [0.5, 0.6) is 0 Å². The van der Waals surface area contributed by atoms with Crippen molar-refractivity contribution in [2.45, 2.75) is 51.0 Å². The van der Waals surface area contributed by atoms with Crippen LogP contribution in [0.2, 0.25) is 0 Å². The normalized spacial score (nSPS) is 24.6. The van der Waals surface area contributed by atoms with Crippen LogP contribution in [0, 0.1) is 17.2 Å². The van der Waals surface area contributed by atoms with E-state index >= 15 is 0 Å². The van der Waals surface area contributed by atoms with Crippen molar-refractivity contribution in [2.24, 2.45) is 5.92 Å². The van der Waals surface area contributed by atoms with Crippen LogP contribution in [0.3, 0.4) is 0 Å². The Bertz CT molecular complexity index is 399. The highest BCUT2D eigenvalue weighted by molar-refractivity contribution is 5.19.